The molecule has 1 aliphatic rings. The van der Waals surface area contributed by atoms with E-state index >= 15 is 0 Å². The third kappa shape index (κ3) is 7.32. The zero-order valence-electron chi connectivity index (χ0n) is 14.6. The highest BCUT2D eigenvalue weighted by molar-refractivity contribution is 14.0. The minimum absolute atomic E-state index is 0. The van der Waals surface area contributed by atoms with Crippen molar-refractivity contribution < 1.29 is 8.42 Å². The van der Waals surface area contributed by atoms with Crippen LogP contribution in [0.2, 0.25) is 0 Å². The van der Waals surface area contributed by atoms with Crippen LogP contribution in [-0.4, -0.2) is 50.4 Å². The lowest BCUT2D eigenvalue weighted by Gasteiger charge is -2.27. The van der Waals surface area contributed by atoms with Crippen molar-refractivity contribution in [3.63, 3.8) is 0 Å². The summed E-state index contributed by atoms with van der Waals surface area (Å²) in [6.45, 7) is 6.68. The highest BCUT2D eigenvalue weighted by Gasteiger charge is 2.14. The molecule has 0 amide bonds. The summed E-state index contributed by atoms with van der Waals surface area (Å²) in [5.74, 6) is 2.98. The summed E-state index contributed by atoms with van der Waals surface area (Å²) >= 11 is 1.92. The summed E-state index contributed by atoms with van der Waals surface area (Å²) in [6, 6.07) is 6.79. The summed E-state index contributed by atoms with van der Waals surface area (Å²) in [6.07, 6.45) is 0. The first-order valence-electron chi connectivity index (χ1n) is 8.09. The molecule has 9 heteroatoms. The summed E-state index contributed by atoms with van der Waals surface area (Å²) < 4.78 is 26.9. The molecule has 0 radical (unpaired) electrons. The Balaban J connectivity index is 0.00000312. The Hall–Kier alpha value is -0.520. The Bertz CT molecular complexity index is 657. The maximum Gasteiger partial charge on any atom is 0.240 e. The van der Waals surface area contributed by atoms with Crippen LogP contribution in [0.1, 0.15) is 19.4 Å². The summed E-state index contributed by atoms with van der Waals surface area (Å²) in [4.78, 5) is 6.78. The van der Waals surface area contributed by atoms with Gasteiger partial charge in [0.05, 0.1) is 11.4 Å². The lowest BCUT2D eigenvalue weighted by molar-refractivity contribution is 0.455. The van der Waals surface area contributed by atoms with Crippen molar-refractivity contribution in [2.75, 3.05) is 31.1 Å². The molecule has 0 aliphatic carbocycles. The van der Waals surface area contributed by atoms with Crippen LogP contribution >= 0.6 is 35.7 Å². The van der Waals surface area contributed by atoms with E-state index in [1.165, 1.54) is 0 Å². The number of benzene rings is 1. The largest absolute Gasteiger partial charge is 0.370 e. The van der Waals surface area contributed by atoms with Gasteiger partial charge in [-0.1, -0.05) is 26.0 Å². The highest BCUT2D eigenvalue weighted by Crippen LogP contribution is 2.12. The molecule has 3 N–H and O–H groups in total. The fraction of sp³-hybridized carbons (Fsp3) is 0.562. The predicted octanol–water partition coefficient (Wildman–Crippen LogP) is 2.10. The van der Waals surface area contributed by atoms with Gasteiger partial charge in [0.25, 0.3) is 0 Å². The fourth-order valence-corrected chi connectivity index (χ4v) is 4.32. The van der Waals surface area contributed by atoms with Crippen LogP contribution in [0, 0.1) is 5.92 Å². The molecule has 1 saturated heterocycles. The second kappa shape index (κ2) is 10.6. The van der Waals surface area contributed by atoms with E-state index in [9.17, 15) is 8.42 Å². The van der Waals surface area contributed by atoms with Crippen molar-refractivity contribution in [1.29, 1.82) is 0 Å². The van der Waals surface area contributed by atoms with E-state index in [0.717, 1.165) is 30.2 Å². The van der Waals surface area contributed by atoms with Gasteiger partial charge in [-0.15, -0.1) is 24.0 Å². The van der Waals surface area contributed by atoms with E-state index in [1.54, 1.807) is 24.3 Å². The van der Waals surface area contributed by atoms with Crippen molar-refractivity contribution in [3.05, 3.63) is 29.8 Å². The maximum atomic E-state index is 12.2. The third-order valence-corrected chi connectivity index (χ3v) is 6.06. The van der Waals surface area contributed by atoms with Crippen LogP contribution in [0.25, 0.3) is 0 Å². The molecule has 6 nitrogen and oxygen atoms in total. The Morgan fingerprint density at radius 1 is 1.28 bits per heavy atom. The van der Waals surface area contributed by atoms with E-state index in [2.05, 4.69) is 14.6 Å². The Morgan fingerprint density at radius 3 is 2.44 bits per heavy atom. The Kier molecular flexibility index (Phi) is 9.54. The van der Waals surface area contributed by atoms with E-state index in [1.807, 2.05) is 25.6 Å². The molecule has 25 heavy (non-hydrogen) atoms. The average Bonchev–Trinajstić information content (AvgIpc) is 2.59. The molecule has 1 aromatic carbocycles. The van der Waals surface area contributed by atoms with Gasteiger partial charge in [0.2, 0.25) is 10.0 Å². The zero-order valence-corrected chi connectivity index (χ0v) is 18.6. The number of thioether (sulfide) groups is 1. The molecule has 2 rings (SSSR count). The van der Waals surface area contributed by atoms with Crippen LogP contribution in [0.15, 0.2) is 34.2 Å². The number of hydrogen-bond acceptors (Lipinski definition) is 4. The highest BCUT2D eigenvalue weighted by atomic mass is 127. The smallest absolute Gasteiger partial charge is 0.240 e. The Morgan fingerprint density at radius 2 is 1.88 bits per heavy atom. The van der Waals surface area contributed by atoms with Crippen molar-refractivity contribution >= 4 is 51.7 Å². The van der Waals surface area contributed by atoms with Crippen LogP contribution < -0.4 is 10.5 Å². The molecule has 0 aromatic heterocycles. The summed E-state index contributed by atoms with van der Waals surface area (Å²) in [7, 11) is -3.44. The minimum Gasteiger partial charge on any atom is -0.370 e. The van der Waals surface area contributed by atoms with E-state index in [4.69, 9.17) is 5.73 Å². The number of guanidine groups is 1. The standard InChI is InChI=1S/C16H26N4O2S2.HI/c1-13(2)11-19-24(21,22)15-5-3-14(4-6-15)12-18-16(17)20-7-9-23-10-8-20;/h3-6,13,19H,7-12H2,1-2H3,(H2,17,18);1H. The molecular weight excluding hydrogens is 471 g/mol. The molecule has 0 bridgehead atoms. The monoisotopic (exact) mass is 498 g/mol. The van der Waals surface area contributed by atoms with Gasteiger partial charge in [-0.25, -0.2) is 18.1 Å². The van der Waals surface area contributed by atoms with Gasteiger partial charge in [-0.05, 0) is 23.6 Å². The van der Waals surface area contributed by atoms with Crippen molar-refractivity contribution in [2.45, 2.75) is 25.3 Å². The molecule has 1 heterocycles. The molecule has 0 unspecified atom stereocenters. The lowest BCUT2D eigenvalue weighted by Crippen LogP contribution is -2.42. The number of nitrogens with one attached hydrogen (secondary N) is 1. The third-order valence-electron chi connectivity index (χ3n) is 3.67. The van der Waals surface area contributed by atoms with Gasteiger partial charge in [-0.3, -0.25) is 0 Å². The van der Waals surface area contributed by atoms with E-state index in [-0.39, 0.29) is 34.8 Å². The van der Waals surface area contributed by atoms with Gasteiger partial charge in [0.15, 0.2) is 5.96 Å². The van der Waals surface area contributed by atoms with E-state index < -0.39 is 10.0 Å². The molecule has 1 fully saturated rings. The predicted molar refractivity (Wildman–Crippen MR) is 116 cm³/mol. The van der Waals surface area contributed by atoms with E-state index in [0.29, 0.717) is 19.0 Å². The quantitative estimate of drug-likeness (QED) is 0.357. The van der Waals surface area contributed by atoms with Gasteiger partial charge < -0.3 is 10.6 Å². The fourth-order valence-electron chi connectivity index (χ4n) is 2.20. The normalized spacial score (nSPS) is 16.0. The molecule has 0 spiro atoms. The molecule has 0 atom stereocenters. The number of nitrogens with zero attached hydrogens (tertiary/aromatic N) is 2. The first-order valence-corrected chi connectivity index (χ1v) is 10.7. The molecule has 142 valence electrons. The molecular formula is C16H27IN4O2S2. The summed E-state index contributed by atoms with van der Waals surface area (Å²) in [5, 5.41) is 0. The second-order valence-corrected chi connectivity index (χ2v) is 9.16. The summed E-state index contributed by atoms with van der Waals surface area (Å²) in [5.41, 5.74) is 6.96. The molecule has 0 saturated carbocycles. The number of nitrogens with two attached hydrogens (primary N) is 1. The zero-order chi connectivity index (χ0) is 17.6. The average molecular weight is 498 g/mol. The maximum absolute atomic E-state index is 12.2. The first-order chi connectivity index (χ1) is 11.4. The number of hydrogen-bond donors (Lipinski definition) is 2. The number of sulfonamides is 1. The molecule has 1 aromatic rings. The van der Waals surface area contributed by atoms with Crippen LogP contribution in [0.5, 0.6) is 0 Å². The van der Waals surface area contributed by atoms with Crippen molar-refractivity contribution in [1.82, 2.24) is 9.62 Å². The van der Waals surface area contributed by atoms with Crippen LogP contribution in [0.4, 0.5) is 0 Å². The Labute approximate surface area is 172 Å². The van der Waals surface area contributed by atoms with Crippen molar-refractivity contribution in [2.24, 2.45) is 16.6 Å². The van der Waals surface area contributed by atoms with Gasteiger partial charge >= 0.3 is 0 Å². The minimum atomic E-state index is -3.44. The van der Waals surface area contributed by atoms with Gasteiger partial charge in [-0.2, -0.15) is 11.8 Å². The second-order valence-electron chi connectivity index (χ2n) is 6.16. The number of halogens is 1. The number of rotatable bonds is 6. The lowest BCUT2D eigenvalue weighted by atomic mass is 10.2. The van der Waals surface area contributed by atoms with Crippen LogP contribution in [-0.2, 0) is 16.6 Å². The number of aliphatic imine (C=N–C) groups is 1. The van der Waals surface area contributed by atoms with Crippen molar-refractivity contribution in [3.8, 4) is 0 Å². The first kappa shape index (κ1) is 22.5. The SMILES string of the molecule is CC(C)CNS(=O)(=O)c1ccc(CN=C(N)N2CCSCC2)cc1.I. The van der Waals surface area contributed by atoms with Gasteiger partial charge in [0.1, 0.15) is 0 Å². The molecule has 1 aliphatic heterocycles. The van der Waals surface area contributed by atoms with Gasteiger partial charge in [0, 0.05) is 31.1 Å². The topological polar surface area (TPSA) is 87.8 Å². The van der Waals surface area contributed by atoms with Crippen LogP contribution in [0.3, 0.4) is 0 Å².